The molecule has 4 amide bonds. The first kappa shape index (κ1) is 58.0. The second-order valence-electron chi connectivity index (χ2n) is 22.9. The van der Waals surface area contributed by atoms with E-state index in [1.807, 2.05) is 49.8 Å². The average molecular weight is 1140 g/mol. The van der Waals surface area contributed by atoms with Gasteiger partial charge in [-0.3, -0.25) is 24.1 Å². The fourth-order valence-corrected chi connectivity index (χ4v) is 14.1. The summed E-state index contributed by atoms with van der Waals surface area (Å²) in [4.78, 5) is 70.0. The van der Waals surface area contributed by atoms with Crippen molar-refractivity contribution in [3.05, 3.63) is 87.6 Å². The van der Waals surface area contributed by atoms with Crippen LogP contribution in [0.4, 0.5) is 14.0 Å². The molecule has 424 valence electrons. The maximum atomic E-state index is 17.1. The van der Waals surface area contributed by atoms with Crippen LogP contribution in [0.2, 0.25) is 0 Å². The molecule has 2 aromatic heterocycles. The topological polar surface area (TPSA) is 175 Å². The number of amides is 4. The van der Waals surface area contributed by atoms with Gasteiger partial charge in [-0.1, -0.05) is 13.0 Å². The Morgan fingerprint density at radius 1 is 0.747 bits per heavy atom. The van der Waals surface area contributed by atoms with Crippen LogP contribution in [0.15, 0.2) is 70.9 Å². The minimum Gasteiger partial charge on any atom is -0.464 e. The predicted octanol–water partition coefficient (Wildman–Crippen LogP) is 10.4. The molecule has 11 rings (SSSR count). The van der Waals surface area contributed by atoms with Crippen molar-refractivity contribution >= 4 is 95.8 Å². The van der Waals surface area contributed by atoms with Gasteiger partial charge < -0.3 is 44.1 Å². The number of halogens is 1. The summed E-state index contributed by atoms with van der Waals surface area (Å²) in [6, 6.07) is 14.1. The van der Waals surface area contributed by atoms with Crippen LogP contribution >= 0.6 is 38.3 Å². The van der Waals surface area contributed by atoms with Crippen LogP contribution in [0.1, 0.15) is 126 Å². The maximum Gasteiger partial charge on any atom is 0.407 e. The van der Waals surface area contributed by atoms with Gasteiger partial charge in [0.25, 0.3) is 0 Å². The number of alkyl carbamates (subject to hydrolysis) is 2. The molecule has 5 unspecified atom stereocenters. The quantitative estimate of drug-likeness (QED) is 0.140. The monoisotopic (exact) mass is 1140 g/mol. The molecule has 20 heteroatoms. The Bertz CT molecular complexity index is 3150. The highest BCUT2D eigenvalue weighted by atomic mass is 32.1. The van der Waals surface area contributed by atoms with Crippen LogP contribution in [-0.2, 0) is 35.0 Å². The van der Waals surface area contributed by atoms with Gasteiger partial charge in [-0.2, -0.15) is 27.0 Å². The molecule has 4 saturated heterocycles. The van der Waals surface area contributed by atoms with Crippen LogP contribution in [0.5, 0.6) is 5.75 Å². The maximum absolute atomic E-state index is 17.1. The number of carbonyl (C=O) groups excluding carboxylic acids is 4. The largest absolute Gasteiger partial charge is 0.464 e. The van der Waals surface area contributed by atoms with Crippen molar-refractivity contribution < 1.29 is 47.3 Å². The number of ether oxygens (including phenoxy) is 5. The van der Waals surface area contributed by atoms with Crippen molar-refractivity contribution in [2.75, 3.05) is 40.5 Å². The summed E-state index contributed by atoms with van der Waals surface area (Å²) in [7, 11) is 2.61. The van der Waals surface area contributed by atoms with Gasteiger partial charge in [-0.15, -0.1) is 11.3 Å². The zero-order chi connectivity index (χ0) is 53.9. The number of aromatic nitrogens is 1. The van der Waals surface area contributed by atoms with E-state index < -0.39 is 47.5 Å². The summed E-state index contributed by atoms with van der Waals surface area (Å²) in [6.07, 6.45) is 9.36. The molecule has 4 fully saturated rings. The van der Waals surface area contributed by atoms with Crippen LogP contribution in [0.25, 0.3) is 33.3 Å². The molecule has 0 bridgehead atoms. The lowest BCUT2D eigenvalue weighted by molar-refractivity contribution is -0.139. The molecular weight excluding hydrogens is 1070 g/mol. The van der Waals surface area contributed by atoms with Gasteiger partial charge in [0.15, 0.2) is 0 Å². The van der Waals surface area contributed by atoms with Crippen molar-refractivity contribution in [2.24, 2.45) is 21.8 Å². The van der Waals surface area contributed by atoms with Crippen LogP contribution in [-0.4, -0.2) is 126 Å². The highest BCUT2D eigenvalue weighted by Gasteiger charge is 2.46. The number of methoxy groups -OCH3 is 2. The lowest BCUT2D eigenvalue weighted by Crippen LogP contribution is -2.56. The van der Waals surface area contributed by atoms with Crippen LogP contribution in [0, 0.1) is 17.7 Å². The Hall–Kier alpha value is -5.67. The van der Waals surface area contributed by atoms with Gasteiger partial charge in [-0.25, -0.2) is 14.0 Å². The van der Waals surface area contributed by atoms with E-state index in [1.165, 1.54) is 19.1 Å². The number of nitrogens with one attached hydrogen (secondary N) is 2. The van der Waals surface area contributed by atoms with Gasteiger partial charge in [0.2, 0.25) is 18.0 Å². The molecule has 4 aromatic rings. The Morgan fingerprint density at radius 3 is 1.82 bits per heavy atom. The number of hydrogen-bond acceptors (Lipinski definition) is 12. The fraction of sp³-hybridized carbons (Fsp3) is 0.525. The Balaban J connectivity index is 0.00000378. The predicted molar refractivity (Wildman–Crippen MR) is 314 cm³/mol. The number of benzene rings is 2. The van der Waals surface area contributed by atoms with E-state index in [0.717, 1.165) is 76.0 Å². The molecule has 79 heavy (non-hydrogen) atoms. The summed E-state index contributed by atoms with van der Waals surface area (Å²) in [5, 5.41) is 6.67. The highest BCUT2D eigenvalue weighted by molar-refractivity contribution is 7.59. The van der Waals surface area contributed by atoms with E-state index in [0.29, 0.717) is 87.4 Å². The number of aliphatic imine (C=N–C) groups is 2. The van der Waals surface area contributed by atoms with Gasteiger partial charge in [-0.05, 0) is 162 Å². The summed E-state index contributed by atoms with van der Waals surface area (Å²) < 4.78 is 48.1. The first-order valence-corrected chi connectivity index (χ1v) is 28.2. The minimum atomic E-state index is -0.776. The molecule has 0 radical (unpaired) electrons. The number of rotatable bonds is 12. The van der Waals surface area contributed by atoms with Crippen molar-refractivity contribution in [2.45, 2.75) is 147 Å². The zero-order valence-electron chi connectivity index (χ0n) is 46.1. The number of likely N-dealkylation sites (tertiary alicyclic amines) is 2. The van der Waals surface area contributed by atoms with Crippen LogP contribution < -0.4 is 15.4 Å². The third-order valence-corrected chi connectivity index (χ3v) is 18.1. The van der Waals surface area contributed by atoms with Gasteiger partial charge in [0.05, 0.1) is 59.2 Å². The van der Waals surface area contributed by atoms with E-state index in [4.69, 9.17) is 33.7 Å². The molecule has 7 aliphatic heterocycles. The van der Waals surface area contributed by atoms with E-state index >= 15 is 4.39 Å². The molecule has 0 spiro atoms. The third-order valence-electron chi connectivity index (χ3n) is 16.9. The molecular formula is C59H74FN7O9S3. The molecule has 0 aliphatic carbocycles. The third kappa shape index (κ3) is 11.5. The number of aryl methyl sites for hydroxylation is 1. The van der Waals surface area contributed by atoms with Crippen molar-refractivity contribution in [3.8, 4) is 17.0 Å². The fourth-order valence-electron chi connectivity index (χ4n) is 13.1. The van der Waals surface area contributed by atoms with Crippen LogP contribution in [0.3, 0.4) is 0 Å². The second kappa shape index (κ2) is 23.4. The van der Waals surface area contributed by atoms with Gasteiger partial charge >= 0.3 is 12.2 Å². The van der Waals surface area contributed by atoms with Crippen molar-refractivity contribution in [1.82, 2.24) is 25.0 Å². The molecule has 9 heterocycles. The first-order chi connectivity index (χ1) is 37.0. The Kier molecular flexibility index (Phi) is 17.2. The molecule has 2 aromatic carbocycles. The Morgan fingerprint density at radius 2 is 1.30 bits per heavy atom. The van der Waals surface area contributed by atoms with Crippen molar-refractivity contribution in [3.63, 3.8) is 0 Å². The number of thiophene rings is 1. The summed E-state index contributed by atoms with van der Waals surface area (Å²) >= 11 is 1.68. The lowest BCUT2D eigenvalue weighted by atomic mass is 9.82. The molecule has 7 aliphatic rings. The number of hydrogen-bond donors (Lipinski definition) is 2. The normalized spacial score (nSPS) is 24.5. The van der Waals surface area contributed by atoms with Gasteiger partial charge in [0, 0.05) is 73.2 Å². The molecule has 7 atom stereocenters. The second-order valence-corrected chi connectivity index (χ2v) is 24.1. The Labute approximate surface area is 479 Å². The molecule has 16 nitrogen and oxygen atoms in total. The van der Waals surface area contributed by atoms with E-state index in [9.17, 15) is 19.2 Å². The van der Waals surface area contributed by atoms with E-state index in [1.54, 1.807) is 23.6 Å². The van der Waals surface area contributed by atoms with E-state index in [-0.39, 0.29) is 62.7 Å². The minimum absolute atomic E-state index is 0. The smallest absolute Gasteiger partial charge is 0.407 e. The summed E-state index contributed by atoms with van der Waals surface area (Å²) in [6.45, 7) is 12.3. The standard InChI is InChI=1S/C59H70FN7O9S.2H2S/c1-8-40-14-16-49(77-40)55-67-44-15-13-33(38-25-42(61-31-38)45-11-9-19-65(45)53(68)51(63-56(70)72-6)34-17-21-74-58(2,3)29-34)23-37(44)27-47(67)50-41(60)24-36(28-48(50)76-55)39-26-43(62-32-39)46-12-10-20-66(46)54(69)52(64-57(71)73-7)35-18-22-75-59(4,5)30-35;;/h13-16,23-24,27-28,31-32,34-35,45-46,51-52,55H,8-12,17-22,25-26,29-30H2,1-7H3,(H,63,70)(H,64,71);2*1H2/t34?,35?,45-,46-,51?,52?,55?;;/m0../s1. The number of carbonyl (C=O) groups is 4. The molecule has 2 N–H and O–H groups in total. The highest BCUT2D eigenvalue weighted by Crippen LogP contribution is 2.49. The summed E-state index contributed by atoms with van der Waals surface area (Å²) in [5.41, 5.74) is 6.37. The number of fused-ring (bicyclic) bond motifs is 5. The average Bonchev–Trinajstić information content (AvgIpc) is 4.47. The number of nitrogens with zero attached hydrogens (tertiary/aromatic N) is 5. The van der Waals surface area contributed by atoms with Crippen molar-refractivity contribution in [1.29, 1.82) is 0 Å². The summed E-state index contributed by atoms with van der Waals surface area (Å²) in [5.74, 6) is -0.497. The zero-order valence-corrected chi connectivity index (χ0v) is 48.9. The lowest BCUT2D eigenvalue weighted by Gasteiger charge is -2.40. The number of allylic oxidation sites excluding steroid dienone is 2. The first-order valence-electron chi connectivity index (χ1n) is 27.4. The van der Waals surface area contributed by atoms with Gasteiger partial charge in [0.1, 0.15) is 23.7 Å². The SMILES string of the molecule is CCc1ccc(C2Oc3cc(C4=CN=C([C@@H]5CCCN5C(=O)C(NC(=O)OC)C5CCOC(C)(C)C5)C4)cc(F)c3-c3cc4cc(C5=CN=C([C@@H]6CCCN6C(=O)C(NC(=O)OC)C6CCOC(C)(C)C6)C5)ccc4n32)s1.S.S. The molecule has 0 saturated carbocycles. The van der Waals surface area contributed by atoms with E-state index in [2.05, 4.69) is 58.5 Å².